The van der Waals surface area contributed by atoms with E-state index in [0.29, 0.717) is 0 Å². The summed E-state index contributed by atoms with van der Waals surface area (Å²) in [4.78, 5) is 1.39. The summed E-state index contributed by atoms with van der Waals surface area (Å²) < 4.78 is 1.18. The second-order valence-corrected chi connectivity index (χ2v) is 6.82. The Morgan fingerprint density at radius 3 is 2.63 bits per heavy atom. The van der Waals surface area contributed by atoms with Gasteiger partial charge in [-0.1, -0.05) is 40.5 Å². The van der Waals surface area contributed by atoms with Gasteiger partial charge in [-0.3, -0.25) is 0 Å². The van der Waals surface area contributed by atoms with E-state index < -0.39 is 0 Å². The van der Waals surface area contributed by atoms with Crippen molar-refractivity contribution in [1.29, 1.82) is 0 Å². The summed E-state index contributed by atoms with van der Waals surface area (Å²) in [5, 5.41) is 5.85. The first-order valence-corrected chi connectivity index (χ1v) is 8.34. The Labute approximate surface area is 128 Å². The predicted molar refractivity (Wildman–Crippen MR) is 88.1 cm³/mol. The number of halogens is 1. The van der Waals surface area contributed by atoms with E-state index in [4.69, 9.17) is 0 Å². The molecule has 1 unspecified atom stereocenters. The average molecular weight is 338 g/mol. The van der Waals surface area contributed by atoms with Crippen LogP contribution in [0.2, 0.25) is 0 Å². The van der Waals surface area contributed by atoms with Crippen LogP contribution in [0.1, 0.15) is 41.0 Å². The molecule has 1 N–H and O–H groups in total. The van der Waals surface area contributed by atoms with Crippen LogP contribution in [0.25, 0.3) is 0 Å². The Hall–Kier alpha value is -0.640. The molecule has 102 valence electrons. The zero-order chi connectivity index (χ0) is 13.8. The summed E-state index contributed by atoms with van der Waals surface area (Å²) >= 11 is 5.51. The summed E-state index contributed by atoms with van der Waals surface area (Å²) in [6.07, 6.45) is 1.14. The number of hydrogen-bond donors (Lipinski definition) is 1. The lowest BCUT2D eigenvalue weighted by Gasteiger charge is -2.21. The first-order valence-electron chi connectivity index (χ1n) is 6.67. The van der Waals surface area contributed by atoms with Crippen molar-refractivity contribution in [2.45, 2.75) is 33.2 Å². The highest BCUT2D eigenvalue weighted by molar-refractivity contribution is 9.10. The molecule has 1 heterocycles. The van der Waals surface area contributed by atoms with E-state index in [1.807, 2.05) is 11.3 Å². The van der Waals surface area contributed by atoms with Crippen LogP contribution < -0.4 is 5.32 Å². The highest BCUT2D eigenvalue weighted by Crippen LogP contribution is 2.33. The fourth-order valence-corrected chi connectivity index (χ4v) is 3.47. The molecule has 1 atom stereocenters. The van der Waals surface area contributed by atoms with Crippen LogP contribution in [0.4, 0.5) is 0 Å². The molecule has 0 saturated heterocycles. The molecule has 0 radical (unpaired) electrons. The molecule has 1 nitrogen and oxygen atoms in total. The summed E-state index contributed by atoms with van der Waals surface area (Å²) in [6, 6.07) is 9.08. The van der Waals surface area contributed by atoms with Gasteiger partial charge in [0.05, 0.1) is 6.04 Å². The molecule has 1 aromatic carbocycles. The van der Waals surface area contributed by atoms with Gasteiger partial charge in [0.2, 0.25) is 0 Å². The highest BCUT2D eigenvalue weighted by atomic mass is 79.9. The normalized spacial score (nSPS) is 12.6. The standard InChI is InChI=1S/C16H20BrNS/c1-4-8-18-16(13-7-9-19-12(13)3)14-10-11(2)5-6-15(14)17/h5-7,9-10,16,18H,4,8H2,1-3H3. The summed E-state index contributed by atoms with van der Waals surface area (Å²) in [7, 11) is 0. The van der Waals surface area contributed by atoms with Crippen LogP contribution in [0.3, 0.4) is 0 Å². The Kier molecular flexibility index (Phi) is 5.20. The predicted octanol–water partition coefficient (Wildman–Crippen LogP) is 5.22. The van der Waals surface area contributed by atoms with Crippen LogP contribution in [-0.4, -0.2) is 6.54 Å². The number of hydrogen-bond acceptors (Lipinski definition) is 2. The van der Waals surface area contributed by atoms with E-state index in [1.54, 1.807) is 0 Å². The lowest BCUT2D eigenvalue weighted by atomic mass is 9.98. The lowest BCUT2D eigenvalue weighted by Crippen LogP contribution is -2.23. The zero-order valence-corrected chi connectivity index (χ0v) is 14.1. The number of nitrogens with one attached hydrogen (secondary N) is 1. The van der Waals surface area contributed by atoms with Crippen molar-refractivity contribution in [3.8, 4) is 0 Å². The fraction of sp³-hybridized carbons (Fsp3) is 0.375. The van der Waals surface area contributed by atoms with Crippen molar-refractivity contribution in [3.63, 3.8) is 0 Å². The first-order chi connectivity index (χ1) is 9.13. The van der Waals surface area contributed by atoms with E-state index in [0.717, 1.165) is 13.0 Å². The molecular formula is C16H20BrNS. The van der Waals surface area contributed by atoms with Gasteiger partial charge in [0.25, 0.3) is 0 Å². The van der Waals surface area contributed by atoms with Crippen LogP contribution in [0, 0.1) is 13.8 Å². The minimum atomic E-state index is 0.278. The van der Waals surface area contributed by atoms with Crippen LogP contribution in [0.5, 0.6) is 0 Å². The molecule has 0 saturated carbocycles. The summed E-state index contributed by atoms with van der Waals surface area (Å²) in [6.45, 7) is 7.58. The first kappa shape index (κ1) is 14.8. The second kappa shape index (κ2) is 6.69. The number of benzene rings is 1. The van der Waals surface area contributed by atoms with Gasteiger partial charge >= 0.3 is 0 Å². The number of thiophene rings is 1. The van der Waals surface area contributed by atoms with Crippen molar-refractivity contribution in [1.82, 2.24) is 5.32 Å². The molecule has 0 aliphatic heterocycles. The lowest BCUT2D eigenvalue weighted by molar-refractivity contribution is 0.596. The van der Waals surface area contributed by atoms with Crippen LogP contribution in [-0.2, 0) is 0 Å². The van der Waals surface area contributed by atoms with Crippen LogP contribution >= 0.6 is 27.3 Å². The van der Waals surface area contributed by atoms with E-state index in [9.17, 15) is 0 Å². The van der Waals surface area contributed by atoms with E-state index >= 15 is 0 Å². The smallest absolute Gasteiger partial charge is 0.0598 e. The molecule has 1 aromatic heterocycles. The van der Waals surface area contributed by atoms with Gasteiger partial charge in [-0.05, 0) is 55.5 Å². The van der Waals surface area contributed by atoms with Crippen molar-refractivity contribution in [2.24, 2.45) is 0 Å². The minimum Gasteiger partial charge on any atom is -0.306 e. The van der Waals surface area contributed by atoms with E-state index in [1.165, 1.54) is 26.0 Å². The quantitative estimate of drug-likeness (QED) is 0.788. The largest absolute Gasteiger partial charge is 0.306 e. The summed E-state index contributed by atoms with van der Waals surface area (Å²) in [5.41, 5.74) is 4.02. The maximum Gasteiger partial charge on any atom is 0.0598 e. The highest BCUT2D eigenvalue weighted by Gasteiger charge is 2.18. The van der Waals surface area contributed by atoms with Crippen molar-refractivity contribution < 1.29 is 0 Å². The van der Waals surface area contributed by atoms with Gasteiger partial charge in [-0.2, -0.15) is 0 Å². The zero-order valence-electron chi connectivity index (χ0n) is 11.7. The second-order valence-electron chi connectivity index (χ2n) is 4.84. The molecule has 0 aliphatic rings. The minimum absolute atomic E-state index is 0.278. The third-order valence-corrected chi connectivity index (χ3v) is 4.85. The fourth-order valence-electron chi connectivity index (χ4n) is 2.25. The van der Waals surface area contributed by atoms with Crippen molar-refractivity contribution in [2.75, 3.05) is 6.54 Å². The number of aryl methyl sites for hydroxylation is 2. The molecular weight excluding hydrogens is 318 g/mol. The van der Waals surface area contributed by atoms with Crippen molar-refractivity contribution in [3.05, 3.63) is 55.7 Å². The Balaban J connectivity index is 2.42. The van der Waals surface area contributed by atoms with Gasteiger partial charge in [0.15, 0.2) is 0 Å². The van der Waals surface area contributed by atoms with E-state index in [2.05, 4.69) is 71.7 Å². The van der Waals surface area contributed by atoms with E-state index in [-0.39, 0.29) is 6.04 Å². The number of rotatable bonds is 5. The monoisotopic (exact) mass is 337 g/mol. The Bertz CT molecular complexity index is 547. The molecule has 0 bridgehead atoms. The van der Waals surface area contributed by atoms with Gasteiger partial charge in [-0.25, -0.2) is 0 Å². The maximum atomic E-state index is 3.70. The van der Waals surface area contributed by atoms with Gasteiger partial charge < -0.3 is 5.32 Å². The van der Waals surface area contributed by atoms with Gasteiger partial charge in [0.1, 0.15) is 0 Å². The molecule has 3 heteroatoms. The molecule has 0 aliphatic carbocycles. The molecule has 2 aromatic rings. The molecule has 2 rings (SSSR count). The maximum absolute atomic E-state index is 3.70. The average Bonchev–Trinajstić information content (AvgIpc) is 2.80. The Morgan fingerprint density at radius 1 is 1.21 bits per heavy atom. The molecule has 0 fully saturated rings. The van der Waals surface area contributed by atoms with Gasteiger partial charge in [-0.15, -0.1) is 11.3 Å². The van der Waals surface area contributed by atoms with Gasteiger partial charge in [0, 0.05) is 9.35 Å². The molecule has 0 spiro atoms. The topological polar surface area (TPSA) is 12.0 Å². The van der Waals surface area contributed by atoms with Crippen LogP contribution in [0.15, 0.2) is 34.1 Å². The molecule has 19 heavy (non-hydrogen) atoms. The Morgan fingerprint density at radius 2 is 2.00 bits per heavy atom. The third kappa shape index (κ3) is 3.47. The summed E-state index contributed by atoms with van der Waals surface area (Å²) in [5.74, 6) is 0. The third-order valence-electron chi connectivity index (χ3n) is 3.27. The SMILES string of the molecule is CCCNC(c1cc(C)ccc1Br)c1ccsc1C. The molecule has 0 amide bonds. The van der Waals surface area contributed by atoms with Crippen molar-refractivity contribution >= 4 is 27.3 Å².